The van der Waals surface area contributed by atoms with Crippen molar-refractivity contribution in [2.75, 3.05) is 20.2 Å². The predicted octanol–water partition coefficient (Wildman–Crippen LogP) is 2.22. The molecule has 0 saturated carbocycles. The number of aromatic amines is 1. The second kappa shape index (κ2) is 7.67. The summed E-state index contributed by atoms with van der Waals surface area (Å²) in [6.07, 6.45) is 5.84. The third-order valence-electron chi connectivity index (χ3n) is 4.78. The Labute approximate surface area is 161 Å². The summed E-state index contributed by atoms with van der Waals surface area (Å²) < 4.78 is 10.9. The van der Waals surface area contributed by atoms with Crippen LogP contribution in [-0.4, -0.2) is 57.8 Å². The molecule has 1 atom stereocenters. The van der Waals surface area contributed by atoms with Crippen LogP contribution in [0.2, 0.25) is 0 Å². The first-order valence-electron chi connectivity index (χ1n) is 9.08. The summed E-state index contributed by atoms with van der Waals surface area (Å²) in [5.41, 5.74) is 1.22. The van der Waals surface area contributed by atoms with Crippen LogP contribution in [-0.2, 0) is 4.79 Å². The Bertz CT molecular complexity index is 1020. The highest BCUT2D eigenvalue weighted by Crippen LogP contribution is 2.21. The summed E-state index contributed by atoms with van der Waals surface area (Å²) in [5.74, 6) is -0.341. The number of fused-ring (bicyclic) bond motifs is 1. The van der Waals surface area contributed by atoms with Gasteiger partial charge in [-0.25, -0.2) is 0 Å². The molecule has 3 heterocycles. The number of aromatic nitrogens is 3. The van der Waals surface area contributed by atoms with E-state index in [1.807, 2.05) is 24.3 Å². The fourth-order valence-electron chi connectivity index (χ4n) is 3.39. The van der Waals surface area contributed by atoms with Gasteiger partial charge < -0.3 is 19.4 Å². The molecule has 1 aliphatic heterocycles. The number of ether oxygens (including phenoxy) is 2. The van der Waals surface area contributed by atoms with Crippen molar-refractivity contribution in [2.45, 2.75) is 18.9 Å². The number of likely N-dealkylation sites (tertiary alicyclic amines) is 1. The monoisotopic (exact) mass is 380 g/mol. The highest BCUT2D eigenvalue weighted by atomic mass is 16.5. The predicted molar refractivity (Wildman–Crippen MR) is 101 cm³/mol. The molecule has 1 aromatic carbocycles. The van der Waals surface area contributed by atoms with Crippen LogP contribution in [0.4, 0.5) is 0 Å². The number of hydrogen-bond donors (Lipinski definition) is 1. The molecule has 28 heavy (non-hydrogen) atoms. The van der Waals surface area contributed by atoms with E-state index in [0.717, 1.165) is 23.7 Å². The minimum atomic E-state index is -0.519. The lowest BCUT2D eigenvalue weighted by Crippen LogP contribution is -2.47. The maximum atomic E-state index is 12.8. The zero-order chi connectivity index (χ0) is 19.5. The summed E-state index contributed by atoms with van der Waals surface area (Å²) >= 11 is 0. The maximum Gasteiger partial charge on any atom is 0.295 e. The van der Waals surface area contributed by atoms with Gasteiger partial charge in [0.2, 0.25) is 11.8 Å². The summed E-state index contributed by atoms with van der Waals surface area (Å²) in [7, 11) is 1.51. The largest absolute Gasteiger partial charge is 0.480 e. The molecule has 8 heteroatoms. The van der Waals surface area contributed by atoms with Crippen molar-refractivity contribution in [1.82, 2.24) is 19.9 Å². The smallest absolute Gasteiger partial charge is 0.295 e. The van der Waals surface area contributed by atoms with Crippen LogP contribution < -0.4 is 9.47 Å². The van der Waals surface area contributed by atoms with Gasteiger partial charge in [0, 0.05) is 23.6 Å². The molecule has 0 radical (unpaired) electrons. The van der Waals surface area contributed by atoms with Crippen LogP contribution >= 0.6 is 0 Å². The number of para-hydroxylation sites is 1. The normalized spacial score (nSPS) is 16.8. The zero-order valence-electron chi connectivity index (χ0n) is 15.4. The number of Topliss-reactive ketones (excluding diaryl/α,β-unsaturated/α-hetero) is 1. The van der Waals surface area contributed by atoms with Gasteiger partial charge in [-0.2, -0.15) is 4.98 Å². The molecule has 0 bridgehead atoms. The number of piperidine rings is 1. The van der Waals surface area contributed by atoms with Gasteiger partial charge in [0.05, 0.1) is 31.6 Å². The maximum absolute atomic E-state index is 12.8. The Morgan fingerprint density at radius 1 is 1.21 bits per heavy atom. The Morgan fingerprint density at radius 2 is 2.04 bits per heavy atom. The van der Waals surface area contributed by atoms with Gasteiger partial charge in [0.1, 0.15) is 6.10 Å². The Morgan fingerprint density at radius 3 is 2.89 bits per heavy atom. The van der Waals surface area contributed by atoms with Gasteiger partial charge in [-0.1, -0.05) is 18.2 Å². The molecule has 1 fully saturated rings. The third kappa shape index (κ3) is 3.53. The van der Waals surface area contributed by atoms with Crippen LogP contribution in [0.25, 0.3) is 10.9 Å². The van der Waals surface area contributed by atoms with Crippen molar-refractivity contribution in [1.29, 1.82) is 0 Å². The molecule has 0 aliphatic carbocycles. The number of rotatable bonds is 5. The number of hydrogen-bond acceptors (Lipinski definition) is 6. The number of amides is 1. The van der Waals surface area contributed by atoms with Crippen molar-refractivity contribution in [3.8, 4) is 11.8 Å². The second-order valence-corrected chi connectivity index (χ2v) is 6.61. The first kappa shape index (κ1) is 18.0. The molecule has 8 nitrogen and oxygen atoms in total. The molecular formula is C20H20N4O4. The molecule has 144 valence electrons. The molecule has 1 aliphatic rings. The van der Waals surface area contributed by atoms with E-state index in [9.17, 15) is 9.59 Å². The van der Waals surface area contributed by atoms with Gasteiger partial charge >= 0.3 is 0 Å². The minimum absolute atomic E-state index is 0.255. The summed E-state index contributed by atoms with van der Waals surface area (Å²) in [4.78, 5) is 38.4. The molecule has 0 spiro atoms. The van der Waals surface area contributed by atoms with Gasteiger partial charge in [0.25, 0.3) is 11.7 Å². The number of nitrogens with zero attached hydrogens (tertiary/aromatic N) is 3. The molecule has 1 unspecified atom stereocenters. The van der Waals surface area contributed by atoms with Crippen LogP contribution in [0.1, 0.15) is 23.2 Å². The minimum Gasteiger partial charge on any atom is -0.480 e. The molecule has 4 rings (SSSR count). The van der Waals surface area contributed by atoms with E-state index in [1.54, 1.807) is 11.1 Å². The molecule has 1 saturated heterocycles. The fraction of sp³-hybridized carbons (Fsp3) is 0.300. The van der Waals surface area contributed by atoms with E-state index in [-0.39, 0.29) is 6.10 Å². The van der Waals surface area contributed by atoms with Crippen LogP contribution in [0, 0.1) is 0 Å². The SMILES string of the molecule is COc1cncc(OC2CCCN(C(=O)C(=O)c3c[nH]c4ccccc34)C2)n1. The zero-order valence-corrected chi connectivity index (χ0v) is 15.4. The fourth-order valence-corrected chi connectivity index (χ4v) is 3.39. The number of carbonyl (C=O) groups excluding carboxylic acids is 2. The number of nitrogens with one attached hydrogen (secondary N) is 1. The van der Waals surface area contributed by atoms with Crippen molar-refractivity contribution in [3.63, 3.8) is 0 Å². The van der Waals surface area contributed by atoms with Crippen molar-refractivity contribution in [3.05, 3.63) is 48.4 Å². The average molecular weight is 380 g/mol. The van der Waals surface area contributed by atoms with E-state index >= 15 is 0 Å². The van der Waals surface area contributed by atoms with E-state index < -0.39 is 11.7 Å². The van der Waals surface area contributed by atoms with Crippen LogP contribution in [0.15, 0.2) is 42.9 Å². The standard InChI is InChI=1S/C20H20N4O4/c1-27-17-10-21-11-18(23-17)28-13-5-4-8-24(12-13)20(26)19(25)15-9-22-16-7-3-2-6-14(15)16/h2-3,6-7,9-11,13,22H,4-5,8,12H2,1H3. The number of ketones is 1. The van der Waals surface area contributed by atoms with Crippen LogP contribution in [0.3, 0.4) is 0 Å². The number of methoxy groups -OCH3 is 1. The van der Waals surface area contributed by atoms with Crippen molar-refractivity contribution in [2.24, 2.45) is 0 Å². The van der Waals surface area contributed by atoms with Crippen molar-refractivity contribution >= 4 is 22.6 Å². The van der Waals surface area contributed by atoms with Gasteiger partial charge in [0.15, 0.2) is 0 Å². The number of H-pyrrole nitrogens is 1. The van der Waals surface area contributed by atoms with Gasteiger partial charge in [-0.3, -0.25) is 14.6 Å². The van der Waals surface area contributed by atoms with E-state index in [0.29, 0.717) is 30.4 Å². The molecule has 1 amide bonds. The first-order chi connectivity index (χ1) is 13.7. The Balaban J connectivity index is 1.46. The number of benzene rings is 1. The summed E-state index contributed by atoms with van der Waals surface area (Å²) in [5, 5.41) is 0.748. The van der Waals surface area contributed by atoms with Crippen molar-refractivity contribution < 1.29 is 19.1 Å². The lowest BCUT2D eigenvalue weighted by Gasteiger charge is -2.32. The van der Waals surface area contributed by atoms with Gasteiger partial charge in [-0.05, 0) is 18.9 Å². The summed E-state index contributed by atoms with van der Waals surface area (Å²) in [6, 6.07) is 7.42. The third-order valence-corrected chi connectivity index (χ3v) is 4.78. The Hall–Kier alpha value is -3.42. The van der Waals surface area contributed by atoms with Crippen LogP contribution in [0.5, 0.6) is 11.8 Å². The molecular weight excluding hydrogens is 360 g/mol. The van der Waals surface area contributed by atoms with Gasteiger partial charge in [-0.15, -0.1) is 0 Å². The summed E-state index contributed by atoms with van der Waals surface area (Å²) in [6.45, 7) is 0.850. The topological polar surface area (TPSA) is 97.4 Å². The lowest BCUT2D eigenvalue weighted by atomic mass is 10.0. The number of carbonyl (C=O) groups is 2. The first-order valence-corrected chi connectivity index (χ1v) is 9.08. The molecule has 2 aromatic heterocycles. The van der Waals surface area contributed by atoms with E-state index in [4.69, 9.17) is 9.47 Å². The average Bonchev–Trinajstić information content (AvgIpc) is 3.17. The quantitative estimate of drug-likeness (QED) is 0.538. The molecule has 1 N–H and O–H groups in total. The van der Waals surface area contributed by atoms with E-state index in [2.05, 4.69) is 15.0 Å². The molecule has 3 aromatic rings. The lowest BCUT2D eigenvalue weighted by molar-refractivity contribution is -0.129. The highest BCUT2D eigenvalue weighted by Gasteiger charge is 2.30. The second-order valence-electron chi connectivity index (χ2n) is 6.61. The highest BCUT2D eigenvalue weighted by molar-refractivity contribution is 6.44. The Kier molecular flexibility index (Phi) is 4.92. The van der Waals surface area contributed by atoms with E-state index in [1.165, 1.54) is 19.5 Å².